The summed E-state index contributed by atoms with van der Waals surface area (Å²) < 4.78 is 30.2. The van der Waals surface area contributed by atoms with Gasteiger partial charge in [0.15, 0.2) is 0 Å². The summed E-state index contributed by atoms with van der Waals surface area (Å²) >= 11 is 0. The van der Waals surface area contributed by atoms with Gasteiger partial charge in [-0.2, -0.15) is 0 Å². The zero-order chi connectivity index (χ0) is 23.9. The molecule has 1 aliphatic heterocycles. The molecule has 2 heterocycles. The molecule has 1 aromatic rings. The Hall–Kier alpha value is -1.25. The van der Waals surface area contributed by atoms with Crippen molar-refractivity contribution in [1.29, 1.82) is 0 Å². The van der Waals surface area contributed by atoms with Gasteiger partial charge in [0.2, 0.25) is 11.7 Å². The van der Waals surface area contributed by atoms with Crippen LogP contribution in [0.2, 0.25) is 0 Å². The van der Waals surface area contributed by atoms with E-state index >= 15 is 0 Å². The molecule has 0 bridgehead atoms. The lowest BCUT2D eigenvalue weighted by atomic mass is 9.98. The molecule has 7 heteroatoms. The first-order chi connectivity index (χ1) is 16.1. The largest absolute Gasteiger partial charge is 0.478 e. The molecule has 1 aliphatic rings. The number of ether oxygens (including phenoxy) is 5. The lowest BCUT2D eigenvalue weighted by Gasteiger charge is -2.30. The molecule has 7 nitrogen and oxygen atoms in total. The second kappa shape index (κ2) is 15.6. The average molecular weight is 468 g/mol. The predicted octanol–water partition coefficient (Wildman–Crippen LogP) is 4.99. The first-order valence-corrected chi connectivity index (χ1v) is 12.9. The van der Waals surface area contributed by atoms with Crippen LogP contribution >= 0.6 is 0 Å². The molecule has 4 atom stereocenters. The Morgan fingerprint density at radius 3 is 2.15 bits per heavy atom. The highest BCUT2D eigenvalue weighted by Gasteiger charge is 2.57. The maximum absolute atomic E-state index is 11.8. The van der Waals surface area contributed by atoms with E-state index in [0.717, 1.165) is 51.4 Å². The molecule has 0 amide bonds. The number of hydrogen-bond donors (Lipinski definition) is 1. The number of unbranched alkanes of at least 4 members (excludes halogenated alkanes) is 4. The van der Waals surface area contributed by atoms with E-state index < -0.39 is 24.1 Å². The molecule has 1 fully saturated rings. The molecular formula is C26H45NO6. The summed E-state index contributed by atoms with van der Waals surface area (Å²) in [7, 11) is 0. The molecule has 0 aromatic carbocycles. The van der Waals surface area contributed by atoms with Crippen molar-refractivity contribution in [2.24, 2.45) is 0 Å². The van der Waals surface area contributed by atoms with E-state index in [0.29, 0.717) is 44.5 Å². The van der Waals surface area contributed by atoms with Crippen LogP contribution in [0.25, 0.3) is 0 Å². The Morgan fingerprint density at radius 2 is 1.52 bits per heavy atom. The summed E-state index contributed by atoms with van der Waals surface area (Å²) in [6.45, 7) is 11.2. The molecular weight excluding hydrogens is 422 g/mol. The molecule has 33 heavy (non-hydrogen) atoms. The molecule has 190 valence electrons. The Bertz CT molecular complexity index is 628. The van der Waals surface area contributed by atoms with E-state index in [-0.39, 0.29) is 0 Å². The molecule has 0 saturated carbocycles. The van der Waals surface area contributed by atoms with Crippen molar-refractivity contribution in [3.63, 3.8) is 0 Å². The van der Waals surface area contributed by atoms with E-state index in [1.807, 2.05) is 0 Å². The first kappa shape index (κ1) is 28.0. The van der Waals surface area contributed by atoms with E-state index in [1.165, 1.54) is 0 Å². The third-order valence-corrected chi connectivity index (χ3v) is 5.81. The number of pyridine rings is 1. The number of rotatable bonds is 18. The number of aromatic nitrogens is 1. The molecule has 1 saturated heterocycles. The Balaban J connectivity index is 2.22. The van der Waals surface area contributed by atoms with Gasteiger partial charge in [0.1, 0.15) is 18.3 Å². The van der Waals surface area contributed by atoms with Crippen molar-refractivity contribution in [2.45, 2.75) is 103 Å². The highest BCUT2D eigenvalue weighted by Crippen LogP contribution is 2.41. The van der Waals surface area contributed by atoms with Crippen LogP contribution in [0.1, 0.15) is 84.6 Å². The summed E-state index contributed by atoms with van der Waals surface area (Å²) in [6.07, 6.45) is 8.02. The van der Waals surface area contributed by atoms with Crippen molar-refractivity contribution >= 4 is 0 Å². The van der Waals surface area contributed by atoms with Gasteiger partial charge in [0, 0.05) is 37.6 Å². The molecule has 0 radical (unpaired) electrons. The van der Waals surface area contributed by atoms with Crippen molar-refractivity contribution in [2.75, 3.05) is 33.0 Å². The predicted molar refractivity (Wildman–Crippen MR) is 128 cm³/mol. The maximum Gasteiger partial charge on any atom is 0.224 e. The fraction of sp³-hybridized carbons (Fsp3) is 0.808. The topological polar surface area (TPSA) is 79.3 Å². The van der Waals surface area contributed by atoms with Crippen molar-refractivity contribution in [3.05, 3.63) is 23.9 Å². The van der Waals surface area contributed by atoms with E-state index in [4.69, 9.17) is 23.7 Å². The van der Waals surface area contributed by atoms with Crippen LogP contribution in [-0.2, 0) is 24.7 Å². The van der Waals surface area contributed by atoms with Crippen LogP contribution in [0, 0.1) is 0 Å². The van der Waals surface area contributed by atoms with Gasteiger partial charge in [-0.25, -0.2) is 4.98 Å². The third-order valence-electron chi connectivity index (χ3n) is 5.81. The smallest absolute Gasteiger partial charge is 0.224 e. The second-order valence-electron chi connectivity index (χ2n) is 8.70. The van der Waals surface area contributed by atoms with Crippen LogP contribution in [0.4, 0.5) is 0 Å². The average Bonchev–Trinajstić information content (AvgIpc) is 3.09. The minimum Gasteiger partial charge on any atom is -0.478 e. The third kappa shape index (κ3) is 8.48. The van der Waals surface area contributed by atoms with Gasteiger partial charge in [-0.3, -0.25) is 0 Å². The van der Waals surface area contributed by atoms with Crippen LogP contribution in [0.15, 0.2) is 18.3 Å². The molecule has 1 N–H and O–H groups in total. The quantitative estimate of drug-likeness (QED) is 0.305. The van der Waals surface area contributed by atoms with Crippen molar-refractivity contribution in [3.8, 4) is 5.88 Å². The normalized spacial score (nSPS) is 24.9. The van der Waals surface area contributed by atoms with Crippen molar-refractivity contribution < 1.29 is 28.8 Å². The molecule has 2 rings (SSSR count). The van der Waals surface area contributed by atoms with Crippen LogP contribution < -0.4 is 4.74 Å². The highest BCUT2D eigenvalue weighted by atomic mass is 16.7. The van der Waals surface area contributed by atoms with Gasteiger partial charge < -0.3 is 28.8 Å². The fourth-order valence-corrected chi connectivity index (χ4v) is 3.71. The van der Waals surface area contributed by atoms with E-state index in [9.17, 15) is 5.11 Å². The summed E-state index contributed by atoms with van der Waals surface area (Å²) in [5, 5.41) is 11.8. The van der Waals surface area contributed by atoms with Gasteiger partial charge in [0.05, 0.1) is 13.2 Å². The minimum atomic E-state index is -1.67. The van der Waals surface area contributed by atoms with Crippen LogP contribution in [0.5, 0.6) is 5.88 Å². The van der Waals surface area contributed by atoms with Gasteiger partial charge in [-0.15, -0.1) is 0 Å². The molecule has 1 aromatic heterocycles. The lowest BCUT2D eigenvalue weighted by Crippen LogP contribution is -2.44. The highest BCUT2D eigenvalue weighted by molar-refractivity contribution is 5.25. The minimum absolute atomic E-state index is 0.346. The lowest BCUT2D eigenvalue weighted by molar-refractivity contribution is -0.250. The van der Waals surface area contributed by atoms with E-state index in [1.54, 1.807) is 18.3 Å². The second-order valence-corrected chi connectivity index (χ2v) is 8.70. The van der Waals surface area contributed by atoms with Gasteiger partial charge in [0.25, 0.3) is 0 Å². The van der Waals surface area contributed by atoms with Gasteiger partial charge in [-0.1, -0.05) is 53.4 Å². The first-order valence-electron chi connectivity index (χ1n) is 12.9. The number of hydrogen-bond acceptors (Lipinski definition) is 7. The van der Waals surface area contributed by atoms with Crippen LogP contribution in [-0.4, -0.2) is 61.4 Å². The maximum atomic E-state index is 11.8. The zero-order valence-electron chi connectivity index (χ0n) is 21.1. The Morgan fingerprint density at radius 1 is 0.879 bits per heavy atom. The van der Waals surface area contributed by atoms with Crippen molar-refractivity contribution in [1.82, 2.24) is 4.98 Å². The molecule has 2 unspecified atom stereocenters. The summed E-state index contributed by atoms with van der Waals surface area (Å²) in [5.41, 5.74) is 0.534. The number of nitrogens with zero attached hydrogens (tertiary/aromatic N) is 1. The summed E-state index contributed by atoms with van der Waals surface area (Å²) in [5.74, 6) is -1.13. The van der Waals surface area contributed by atoms with Gasteiger partial charge >= 0.3 is 0 Å². The monoisotopic (exact) mass is 467 g/mol. The standard InChI is InChI=1S/C26H45NO6/c1-5-9-15-29-20-22-24(31-17-11-7-3)25(32-18-12-8-4)26(28,33-22)21-13-14-23(27-19-21)30-16-10-6-2/h13-14,19,22,24-25,28H,5-12,15-18,20H2,1-4H3/t22-,24?,25+,26?/m1/s1. The number of aliphatic hydroxyl groups is 1. The fourth-order valence-electron chi connectivity index (χ4n) is 3.71. The summed E-state index contributed by atoms with van der Waals surface area (Å²) in [4.78, 5) is 4.39. The molecule has 0 aliphatic carbocycles. The molecule has 0 spiro atoms. The zero-order valence-corrected chi connectivity index (χ0v) is 21.1. The van der Waals surface area contributed by atoms with E-state index in [2.05, 4.69) is 32.7 Å². The summed E-state index contributed by atoms with van der Waals surface area (Å²) in [6, 6.07) is 3.57. The van der Waals surface area contributed by atoms with Crippen LogP contribution in [0.3, 0.4) is 0 Å². The SMILES string of the molecule is CCCCOC[C@H]1OC(O)(c2ccc(OCCCC)nc2)[C@@H](OCCCC)C1OCCCC. The Kier molecular flexibility index (Phi) is 13.2. The Labute approximate surface area is 200 Å². The van der Waals surface area contributed by atoms with Gasteiger partial charge in [-0.05, 0) is 31.7 Å².